The Morgan fingerprint density at radius 1 is 1.09 bits per heavy atom. The number of amides is 1. The van der Waals surface area contributed by atoms with Gasteiger partial charge in [-0.15, -0.1) is 0 Å². The zero-order valence-electron chi connectivity index (χ0n) is 20.1. The number of aliphatic hydroxyl groups is 1. The third-order valence-corrected chi connectivity index (χ3v) is 8.04. The van der Waals surface area contributed by atoms with Gasteiger partial charge in [0.15, 0.2) is 11.4 Å². The van der Waals surface area contributed by atoms with Gasteiger partial charge in [0.25, 0.3) is 11.9 Å². The highest BCUT2D eigenvalue weighted by molar-refractivity contribution is 6.00. The van der Waals surface area contributed by atoms with E-state index in [1.54, 1.807) is 4.90 Å². The van der Waals surface area contributed by atoms with Crippen LogP contribution in [0.5, 0.6) is 0 Å². The van der Waals surface area contributed by atoms with Crippen LogP contribution in [0.25, 0.3) is 0 Å². The Morgan fingerprint density at radius 2 is 1.68 bits per heavy atom. The molecular formula is C26H31N3O4Si. The van der Waals surface area contributed by atoms with Crippen molar-refractivity contribution < 1.29 is 18.7 Å². The summed E-state index contributed by atoms with van der Waals surface area (Å²) in [6, 6.07) is 20.7. The van der Waals surface area contributed by atoms with Crippen LogP contribution in [-0.2, 0) is 15.6 Å². The van der Waals surface area contributed by atoms with E-state index in [1.807, 2.05) is 53.4 Å². The zero-order chi connectivity index (χ0) is 24.1. The quantitative estimate of drug-likeness (QED) is 0.569. The molecule has 1 aromatic heterocycles. The highest BCUT2D eigenvalue weighted by atomic mass is 28.2. The number of anilines is 1. The summed E-state index contributed by atoms with van der Waals surface area (Å²) >= 11 is 0. The van der Waals surface area contributed by atoms with Gasteiger partial charge in [-0.1, -0.05) is 81.4 Å². The topological polar surface area (TPSA) is 79.0 Å². The molecule has 1 amide bonds. The van der Waals surface area contributed by atoms with E-state index in [4.69, 9.17) is 8.84 Å². The maximum absolute atomic E-state index is 13.9. The molecule has 0 spiro atoms. The van der Waals surface area contributed by atoms with Crippen LogP contribution in [0.3, 0.4) is 0 Å². The predicted molar refractivity (Wildman–Crippen MR) is 132 cm³/mol. The summed E-state index contributed by atoms with van der Waals surface area (Å²) in [7, 11) is 0.430. The lowest BCUT2D eigenvalue weighted by molar-refractivity contribution is -0.247. The minimum absolute atomic E-state index is 0.228. The van der Waals surface area contributed by atoms with Crippen molar-refractivity contribution in [1.82, 2.24) is 9.88 Å². The number of carbonyl (C=O) groups is 1. The Morgan fingerprint density at radius 3 is 2.21 bits per heavy atom. The molecule has 2 atom stereocenters. The van der Waals surface area contributed by atoms with Crippen molar-refractivity contribution in [3.63, 3.8) is 0 Å². The lowest BCUT2D eigenvalue weighted by atomic mass is 9.50. The zero-order valence-corrected chi connectivity index (χ0v) is 22.1. The van der Waals surface area contributed by atoms with Crippen molar-refractivity contribution in [3.05, 3.63) is 83.7 Å². The van der Waals surface area contributed by atoms with Gasteiger partial charge >= 0.3 is 0 Å². The van der Waals surface area contributed by atoms with Crippen LogP contribution in [-0.4, -0.2) is 57.1 Å². The molecule has 34 heavy (non-hydrogen) atoms. The summed E-state index contributed by atoms with van der Waals surface area (Å²) in [5, 5.41) is 9.60. The number of aliphatic hydroxyl groups excluding tert-OH is 1. The molecule has 3 heterocycles. The summed E-state index contributed by atoms with van der Waals surface area (Å²) in [5.41, 5.74) is 0.636. The molecule has 8 heteroatoms. The smallest absolute Gasteiger partial charge is 0.298 e. The first-order valence-electron chi connectivity index (χ1n) is 11.6. The molecule has 2 aliphatic rings. The van der Waals surface area contributed by atoms with E-state index in [2.05, 4.69) is 37.9 Å². The number of aromatic nitrogens is 1. The maximum Gasteiger partial charge on any atom is 0.298 e. The van der Waals surface area contributed by atoms with Gasteiger partial charge in [-0.3, -0.25) is 4.79 Å². The third kappa shape index (κ3) is 3.09. The fourth-order valence-electron chi connectivity index (χ4n) is 5.72. The highest BCUT2D eigenvalue weighted by Crippen LogP contribution is 2.63. The average molecular weight is 478 g/mol. The van der Waals surface area contributed by atoms with E-state index in [0.717, 1.165) is 11.1 Å². The Bertz CT molecular complexity index is 1170. The van der Waals surface area contributed by atoms with Crippen LogP contribution in [0, 0.1) is 5.41 Å². The largest absolute Gasteiger partial charge is 0.431 e. The molecule has 0 aliphatic carbocycles. The van der Waals surface area contributed by atoms with E-state index in [0.29, 0.717) is 36.1 Å². The van der Waals surface area contributed by atoms with Crippen LogP contribution in [0.15, 0.2) is 71.3 Å². The first-order valence-corrected chi connectivity index (χ1v) is 12.4. The van der Waals surface area contributed by atoms with Crippen molar-refractivity contribution in [1.29, 1.82) is 0 Å². The minimum atomic E-state index is -0.983. The predicted octanol–water partition coefficient (Wildman–Crippen LogP) is 2.45. The standard InChI is InChI=1S/C26H31N3O4Si/c1-24(2,3)25(18-10-6-4-7-11-18)17-29(26(25,33-34)19-12-8-5-9-13-19)22(31)21-16-32-23(27-21)28-14-20(30)15-28/h4-13,16,20,30H,14-15,17H2,1-3,34H3. The van der Waals surface area contributed by atoms with E-state index >= 15 is 0 Å². The molecule has 2 aliphatic heterocycles. The lowest BCUT2D eigenvalue weighted by Gasteiger charge is -2.70. The molecule has 3 aromatic rings. The summed E-state index contributed by atoms with van der Waals surface area (Å²) in [6.07, 6.45) is 1.02. The SMILES string of the molecule is CC(C)(C)C1(c2ccccc2)CN(C(=O)c2coc(N3CC(O)C3)n2)C1(O[SiH3])c1ccccc1. The van der Waals surface area contributed by atoms with Crippen LogP contribution in [0.4, 0.5) is 6.01 Å². The molecule has 2 saturated heterocycles. The molecule has 5 rings (SSSR count). The molecule has 7 nitrogen and oxygen atoms in total. The summed E-state index contributed by atoms with van der Waals surface area (Å²) in [5.74, 6) is -0.230. The Balaban J connectivity index is 1.62. The molecule has 0 saturated carbocycles. The van der Waals surface area contributed by atoms with Gasteiger partial charge in [0.05, 0.1) is 24.6 Å². The minimum Gasteiger partial charge on any atom is -0.431 e. The Kier molecular flexibility index (Phi) is 5.42. The number of hydrogen-bond donors (Lipinski definition) is 1. The monoisotopic (exact) mass is 477 g/mol. The van der Waals surface area contributed by atoms with Crippen LogP contribution in [0.1, 0.15) is 42.4 Å². The summed E-state index contributed by atoms with van der Waals surface area (Å²) in [6.45, 7) is 8.03. The van der Waals surface area contributed by atoms with Crippen molar-refractivity contribution >= 4 is 22.4 Å². The van der Waals surface area contributed by atoms with Crippen LogP contribution < -0.4 is 4.90 Å². The lowest BCUT2D eigenvalue weighted by Crippen LogP contribution is -2.80. The highest BCUT2D eigenvalue weighted by Gasteiger charge is 2.72. The molecule has 0 bridgehead atoms. The molecule has 2 fully saturated rings. The summed E-state index contributed by atoms with van der Waals surface area (Å²) in [4.78, 5) is 22.0. The van der Waals surface area contributed by atoms with Crippen LogP contribution >= 0.6 is 0 Å². The first kappa shape index (κ1) is 22.8. The number of benzene rings is 2. The van der Waals surface area contributed by atoms with Crippen molar-refractivity contribution in [2.24, 2.45) is 5.41 Å². The van der Waals surface area contributed by atoms with E-state index in [9.17, 15) is 9.90 Å². The number of β-amino-alcohol motifs (C(OH)–C–C–N with tert-alkyl or cyclic N) is 1. The maximum atomic E-state index is 13.9. The molecule has 2 unspecified atom stereocenters. The number of likely N-dealkylation sites (tertiary alicyclic amines) is 1. The molecule has 1 N–H and O–H groups in total. The van der Waals surface area contributed by atoms with Crippen molar-refractivity contribution in [3.8, 4) is 0 Å². The molecular weight excluding hydrogens is 446 g/mol. The van der Waals surface area contributed by atoms with E-state index < -0.39 is 11.1 Å². The Hall–Kier alpha value is -2.94. The van der Waals surface area contributed by atoms with Gasteiger partial charge in [-0.05, 0) is 11.0 Å². The number of hydrogen-bond acceptors (Lipinski definition) is 6. The second kappa shape index (κ2) is 8.08. The van der Waals surface area contributed by atoms with Gasteiger partial charge in [0, 0.05) is 12.1 Å². The average Bonchev–Trinajstić information content (AvgIpc) is 3.27. The van der Waals surface area contributed by atoms with E-state index in [-0.39, 0.29) is 23.1 Å². The van der Waals surface area contributed by atoms with Gasteiger partial charge < -0.3 is 23.7 Å². The summed E-state index contributed by atoms with van der Waals surface area (Å²) < 4.78 is 12.1. The van der Waals surface area contributed by atoms with Gasteiger partial charge in [-0.25, -0.2) is 0 Å². The second-order valence-electron chi connectivity index (χ2n) is 10.2. The van der Waals surface area contributed by atoms with Gasteiger partial charge in [0.2, 0.25) is 0 Å². The third-order valence-electron chi connectivity index (χ3n) is 7.45. The van der Waals surface area contributed by atoms with Gasteiger partial charge in [-0.2, -0.15) is 4.98 Å². The van der Waals surface area contributed by atoms with E-state index in [1.165, 1.54) is 6.26 Å². The Labute approximate surface area is 202 Å². The molecule has 178 valence electrons. The second-order valence-corrected chi connectivity index (χ2v) is 10.6. The number of rotatable bonds is 5. The normalized spacial score (nSPS) is 25.2. The van der Waals surface area contributed by atoms with Crippen LogP contribution in [0.2, 0.25) is 0 Å². The van der Waals surface area contributed by atoms with Crippen molar-refractivity contribution in [2.45, 2.75) is 38.0 Å². The van der Waals surface area contributed by atoms with Gasteiger partial charge in [0.1, 0.15) is 16.7 Å². The molecule has 2 aromatic carbocycles. The first-order chi connectivity index (χ1) is 16.2. The fraction of sp³-hybridized carbons (Fsp3) is 0.385. The number of oxazole rings is 1. The fourth-order valence-corrected chi connectivity index (χ4v) is 6.53. The number of carbonyl (C=O) groups excluding carboxylic acids is 1. The van der Waals surface area contributed by atoms with Crippen molar-refractivity contribution in [2.75, 3.05) is 24.5 Å². The molecule has 0 radical (unpaired) electrons. The number of nitrogens with zero attached hydrogens (tertiary/aromatic N) is 3.